The fourth-order valence-electron chi connectivity index (χ4n) is 1.22. The van der Waals surface area contributed by atoms with E-state index in [-0.39, 0.29) is 11.7 Å². The molecule has 0 aliphatic rings. The molecule has 13 heavy (non-hydrogen) atoms. The molecule has 0 aromatic heterocycles. The Hall–Kier alpha value is -1.51. The summed E-state index contributed by atoms with van der Waals surface area (Å²) in [5.74, 6) is -0.0384. The number of phenols is 1. The van der Waals surface area contributed by atoms with Crippen LogP contribution in [-0.2, 0) is 6.42 Å². The molecule has 1 amide bonds. The molecule has 0 saturated carbocycles. The number of carbonyl (C=O) groups is 1. The average Bonchev–Trinajstić information content (AvgIpc) is 2.16. The van der Waals surface area contributed by atoms with Gasteiger partial charge in [0.15, 0.2) is 0 Å². The van der Waals surface area contributed by atoms with Gasteiger partial charge in [0.05, 0.1) is 0 Å². The summed E-state index contributed by atoms with van der Waals surface area (Å²) >= 11 is 0. The van der Waals surface area contributed by atoms with Gasteiger partial charge in [-0.15, -0.1) is 0 Å². The van der Waals surface area contributed by atoms with Crippen molar-refractivity contribution in [3.8, 4) is 5.75 Å². The second kappa shape index (κ2) is 3.94. The first-order valence-corrected chi connectivity index (χ1v) is 4.23. The van der Waals surface area contributed by atoms with Crippen LogP contribution in [0, 0.1) is 0 Å². The molecular formula is C10H13NO2. The highest BCUT2D eigenvalue weighted by molar-refractivity contribution is 5.95. The molecule has 0 radical (unpaired) electrons. The van der Waals surface area contributed by atoms with E-state index in [9.17, 15) is 9.90 Å². The average molecular weight is 179 g/mol. The molecule has 0 spiro atoms. The minimum absolute atomic E-state index is 0.121. The number of hydrogen-bond acceptors (Lipinski definition) is 2. The van der Waals surface area contributed by atoms with Gasteiger partial charge in [-0.05, 0) is 24.1 Å². The van der Waals surface area contributed by atoms with Gasteiger partial charge in [-0.2, -0.15) is 0 Å². The fraction of sp³-hybridized carbons (Fsp3) is 0.300. The number of hydrogen-bond donors (Lipinski definition) is 2. The first-order valence-electron chi connectivity index (χ1n) is 4.23. The summed E-state index contributed by atoms with van der Waals surface area (Å²) in [5.41, 5.74) is 1.49. The molecule has 0 bridgehead atoms. The molecule has 3 heteroatoms. The largest absolute Gasteiger partial charge is 0.508 e. The van der Waals surface area contributed by atoms with Crippen molar-refractivity contribution in [1.82, 2.24) is 5.32 Å². The molecule has 0 unspecified atom stereocenters. The Morgan fingerprint density at radius 1 is 1.54 bits per heavy atom. The zero-order valence-corrected chi connectivity index (χ0v) is 7.79. The smallest absolute Gasteiger partial charge is 0.251 e. The molecule has 1 rings (SSSR count). The van der Waals surface area contributed by atoms with Crippen LogP contribution in [0.4, 0.5) is 0 Å². The zero-order chi connectivity index (χ0) is 9.84. The van der Waals surface area contributed by atoms with Crippen molar-refractivity contribution in [3.05, 3.63) is 29.3 Å². The van der Waals surface area contributed by atoms with E-state index in [0.717, 1.165) is 12.0 Å². The second-order valence-corrected chi connectivity index (χ2v) is 2.77. The summed E-state index contributed by atoms with van der Waals surface area (Å²) < 4.78 is 0. The first kappa shape index (κ1) is 9.58. The number of benzene rings is 1. The van der Waals surface area contributed by atoms with E-state index < -0.39 is 0 Å². The quantitative estimate of drug-likeness (QED) is 0.719. The lowest BCUT2D eigenvalue weighted by atomic mass is 10.0. The maximum Gasteiger partial charge on any atom is 0.251 e. The van der Waals surface area contributed by atoms with Gasteiger partial charge in [-0.1, -0.05) is 13.0 Å². The summed E-state index contributed by atoms with van der Waals surface area (Å²) in [5, 5.41) is 11.7. The summed E-state index contributed by atoms with van der Waals surface area (Å²) in [6, 6.07) is 4.84. The van der Waals surface area contributed by atoms with E-state index >= 15 is 0 Å². The van der Waals surface area contributed by atoms with Gasteiger partial charge >= 0.3 is 0 Å². The second-order valence-electron chi connectivity index (χ2n) is 2.77. The lowest BCUT2D eigenvalue weighted by Crippen LogP contribution is -2.19. The number of nitrogens with one attached hydrogen (secondary N) is 1. The molecular weight excluding hydrogens is 166 g/mol. The third kappa shape index (κ3) is 1.99. The van der Waals surface area contributed by atoms with Gasteiger partial charge in [0.2, 0.25) is 0 Å². The molecule has 0 heterocycles. The van der Waals surface area contributed by atoms with Gasteiger partial charge in [0, 0.05) is 12.6 Å². The van der Waals surface area contributed by atoms with Crippen molar-refractivity contribution in [2.45, 2.75) is 13.3 Å². The maximum atomic E-state index is 11.3. The Labute approximate surface area is 77.4 Å². The molecule has 0 aliphatic carbocycles. The minimum atomic E-state index is -0.159. The standard InChI is InChI=1S/C10H13NO2/c1-3-7-4-5-8(12)6-9(7)10(13)11-2/h4-6,12H,3H2,1-2H3,(H,11,13). The molecule has 1 aromatic rings. The van der Waals surface area contributed by atoms with Gasteiger partial charge in [-0.3, -0.25) is 4.79 Å². The van der Waals surface area contributed by atoms with Crippen LogP contribution >= 0.6 is 0 Å². The number of amides is 1. The minimum Gasteiger partial charge on any atom is -0.508 e. The van der Waals surface area contributed by atoms with Crippen LogP contribution in [0.15, 0.2) is 18.2 Å². The first-order chi connectivity index (χ1) is 6.19. The van der Waals surface area contributed by atoms with Crippen molar-refractivity contribution in [2.75, 3.05) is 7.05 Å². The summed E-state index contributed by atoms with van der Waals surface area (Å²) in [4.78, 5) is 11.3. The predicted octanol–water partition coefficient (Wildman–Crippen LogP) is 1.31. The van der Waals surface area contributed by atoms with Crippen molar-refractivity contribution >= 4 is 5.91 Å². The molecule has 0 fully saturated rings. The van der Waals surface area contributed by atoms with E-state index in [0.29, 0.717) is 5.56 Å². The highest BCUT2D eigenvalue weighted by Crippen LogP contribution is 2.16. The van der Waals surface area contributed by atoms with E-state index in [2.05, 4.69) is 5.32 Å². The number of aryl methyl sites for hydroxylation is 1. The lowest BCUT2D eigenvalue weighted by Gasteiger charge is -2.06. The molecule has 2 N–H and O–H groups in total. The monoisotopic (exact) mass is 179 g/mol. The Bertz CT molecular complexity index is 321. The Morgan fingerprint density at radius 3 is 2.77 bits per heavy atom. The van der Waals surface area contributed by atoms with Crippen molar-refractivity contribution in [2.24, 2.45) is 0 Å². The van der Waals surface area contributed by atoms with Gasteiger partial charge in [0.25, 0.3) is 5.91 Å². The molecule has 3 nitrogen and oxygen atoms in total. The Kier molecular flexibility index (Phi) is 2.90. The van der Waals surface area contributed by atoms with E-state index in [1.807, 2.05) is 6.92 Å². The third-order valence-corrected chi connectivity index (χ3v) is 1.95. The predicted molar refractivity (Wildman–Crippen MR) is 50.9 cm³/mol. The van der Waals surface area contributed by atoms with Crippen molar-refractivity contribution in [1.29, 1.82) is 0 Å². The normalized spacial score (nSPS) is 9.69. The van der Waals surface area contributed by atoms with Crippen LogP contribution in [0.3, 0.4) is 0 Å². The molecule has 70 valence electrons. The van der Waals surface area contributed by atoms with Crippen LogP contribution < -0.4 is 5.32 Å². The van der Waals surface area contributed by atoms with Crippen LogP contribution in [0.2, 0.25) is 0 Å². The molecule has 0 atom stereocenters. The third-order valence-electron chi connectivity index (χ3n) is 1.95. The number of phenolic OH excluding ortho intramolecular Hbond substituents is 1. The van der Waals surface area contributed by atoms with Gasteiger partial charge in [0.1, 0.15) is 5.75 Å². The topological polar surface area (TPSA) is 49.3 Å². The van der Waals surface area contributed by atoms with Crippen LogP contribution in [-0.4, -0.2) is 18.1 Å². The van der Waals surface area contributed by atoms with Crippen LogP contribution in [0.1, 0.15) is 22.8 Å². The summed E-state index contributed by atoms with van der Waals surface area (Å²) in [7, 11) is 1.58. The van der Waals surface area contributed by atoms with E-state index in [1.165, 1.54) is 6.07 Å². The van der Waals surface area contributed by atoms with Gasteiger partial charge in [-0.25, -0.2) is 0 Å². The molecule has 0 saturated heterocycles. The maximum absolute atomic E-state index is 11.3. The fourth-order valence-corrected chi connectivity index (χ4v) is 1.22. The number of aromatic hydroxyl groups is 1. The summed E-state index contributed by atoms with van der Waals surface area (Å²) in [6.07, 6.45) is 0.781. The molecule has 1 aromatic carbocycles. The van der Waals surface area contributed by atoms with Crippen molar-refractivity contribution in [3.63, 3.8) is 0 Å². The number of rotatable bonds is 2. The van der Waals surface area contributed by atoms with Crippen LogP contribution in [0.25, 0.3) is 0 Å². The SMILES string of the molecule is CCc1ccc(O)cc1C(=O)NC. The summed E-state index contributed by atoms with van der Waals surface area (Å²) in [6.45, 7) is 1.97. The molecule has 0 aliphatic heterocycles. The zero-order valence-electron chi connectivity index (χ0n) is 7.79. The number of carbonyl (C=O) groups excluding carboxylic acids is 1. The highest BCUT2D eigenvalue weighted by Gasteiger charge is 2.08. The van der Waals surface area contributed by atoms with Gasteiger partial charge < -0.3 is 10.4 Å². The Balaban J connectivity index is 3.15. The highest BCUT2D eigenvalue weighted by atomic mass is 16.3. The lowest BCUT2D eigenvalue weighted by molar-refractivity contribution is 0.0962. The Morgan fingerprint density at radius 2 is 2.23 bits per heavy atom. The van der Waals surface area contributed by atoms with Crippen LogP contribution in [0.5, 0.6) is 5.75 Å². The van der Waals surface area contributed by atoms with Crippen molar-refractivity contribution < 1.29 is 9.90 Å². The van der Waals surface area contributed by atoms with E-state index in [1.54, 1.807) is 19.2 Å². The van der Waals surface area contributed by atoms with E-state index in [4.69, 9.17) is 0 Å².